The van der Waals surface area contributed by atoms with Gasteiger partial charge in [-0.05, 0) is 83.5 Å². The standard InChI is InChI=1S/C33H29F3N4O2/c1-21-3-6-26(15-22(21)2)24-7-4-23(5-8-24)16-29(18-40-20-37-19-38-40)39-32(42)30-17-27(11-14-31(30)41)25-9-12-28(13-10-25)33(34,35)36/h3-15,17,19-20,29,41H,16,18H2,1-2H3,(H,39,42)/t29-/m1/s1. The van der Waals surface area contributed by atoms with E-state index >= 15 is 0 Å². The van der Waals surface area contributed by atoms with Gasteiger partial charge in [-0.25, -0.2) is 4.98 Å². The van der Waals surface area contributed by atoms with Crippen molar-refractivity contribution in [1.29, 1.82) is 0 Å². The van der Waals surface area contributed by atoms with E-state index < -0.39 is 23.7 Å². The van der Waals surface area contributed by atoms with Crippen LogP contribution in [-0.2, 0) is 19.1 Å². The Morgan fingerprint density at radius 3 is 2.10 bits per heavy atom. The van der Waals surface area contributed by atoms with E-state index in [1.165, 1.54) is 41.7 Å². The predicted molar refractivity (Wildman–Crippen MR) is 155 cm³/mol. The maximum absolute atomic E-state index is 13.4. The highest BCUT2D eigenvalue weighted by atomic mass is 19.4. The Bertz CT molecular complexity index is 1680. The van der Waals surface area contributed by atoms with Gasteiger partial charge in [-0.2, -0.15) is 18.3 Å². The molecular weight excluding hydrogens is 541 g/mol. The van der Waals surface area contributed by atoms with Gasteiger partial charge in [0.15, 0.2) is 0 Å². The van der Waals surface area contributed by atoms with Gasteiger partial charge in [-0.15, -0.1) is 0 Å². The molecule has 0 aliphatic rings. The third-order valence-electron chi connectivity index (χ3n) is 7.27. The zero-order valence-corrected chi connectivity index (χ0v) is 23.1. The van der Waals surface area contributed by atoms with Crippen LogP contribution in [0.4, 0.5) is 13.2 Å². The summed E-state index contributed by atoms with van der Waals surface area (Å²) < 4.78 is 40.6. The molecule has 5 aromatic rings. The molecule has 0 unspecified atom stereocenters. The van der Waals surface area contributed by atoms with Gasteiger partial charge >= 0.3 is 6.18 Å². The molecule has 1 aromatic heterocycles. The molecule has 4 aromatic carbocycles. The molecule has 0 aliphatic heterocycles. The van der Waals surface area contributed by atoms with Crippen molar-refractivity contribution in [2.45, 2.75) is 39.0 Å². The molecule has 6 nitrogen and oxygen atoms in total. The molecule has 0 aliphatic carbocycles. The lowest BCUT2D eigenvalue weighted by Gasteiger charge is -2.20. The fourth-order valence-electron chi connectivity index (χ4n) is 4.77. The minimum atomic E-state index is -4.45. The van der Waals surface area contributed by atoms with Gasteiger partial charge in [0.25, 0.3) is 5.91 Å². The molecule has 0 radical (unpaired) electrons. The highest BCUT2D eigenvalue weighted by Crippen LogP contribution is 2.32. The van der Waals surface area contributed by atoms with Crippen molar-refractivity contribution in [1.82, 2.24) is 20.1 Å². The van der Waals surface area contributed by atoms with Crippen molar-refractivity contribution < 1.29 is 23.1 Å². The Balaban J connectivity index is 1.35. The van der Waals surface area contributed by atoms with Crippen LogP contribution in [0.25, 0.3) is 22.3 Å². The van der Waals surface area contributed by atoms with Crippen LogP contribution in [0, 0.1) is 13.8 Å². The number of phenolic OH excluding ortho intramolecular Hbond substituents is 1. The van der Waals surface area contributed by atoms with Crippen LogP contribution < -0.4 is 5.32 Å². The summed E-state index contributed by atoms with van der Waals surface area (Å²) in [6.07, 6.45) is -0.989. The van der Waals surface area contributed by atoms with E-state index in [1.807, 2.05) is 24.3 Å². The Morgan fingerprint density at radius 1 is 0.857 bits per heavy atom. The normalized spacial score (nSPS) is 12.2. The summed E-state index contributed by atoms with van der Waals surface area (Å²) in [5.41, 5.74) is 5.90. The van der Waals surface area contributed by atoms with Crippen molar-refractivity contribution in [2.75, 3.05) is 0 Å². The number of aromatic nitrogens is 3. The number of alkyl halides is 3. The summed E-state index contributed by atoms with van der Waals surface area (Å²) in [6, 6.07) is 23.1. The quantitative estimate of drug-likeness (QED) is 0.211. The van der Waals surface area contributed by atoms with Crippen LogP contribution in [0.3, 0.4) is 0 Å². The third-order valence-corrected chi connectivity index (χ3v) is 7.27. The molecule has 1 amide bonds. The molecular formula is C33H29F3N4O2. The molecule has 9 heteroatoms. The second-order valence-electron chi connectivity index (χ2n) is 10.3. The number of aryl methyl sites for hydroxylation is 2. The molecule has 0 saturated carbocycles. The second-order valence-corrected chi connectivity index (χ2v) is 10.3. The van der Waals surface area contributed by atoms with Crippen LogP contribution >= 0.6 is 0 Å². The molecule has 0 bridgehead atoms. The van der Waals surface area contributed by atoms with Gasteiger partial charge in [-0.1, -0.05) is 60.7 Å². The van der Waals surface area contributed by atoms with E-state index in [0.717, 1.165) is 28.8 Å². The zero-order valence-electron chi connectivity index (χ0n) is 23.1. The molecule has 1 heterocycles. The lowest BCUT2D eigenvalue weighted by molar-refractivity contribution is -0.137. The number of nitrogens with zero attached hydrogens (tertiary/aromatic N) is 3. The first-order valence-electron chi connectivity index (χ1n) is 13.4. The van der Waals surface area contributed by atoms with Crippen molar-refractivity contribution in [3.05, 3.63) is 125 Å². The van der Waals surface area contributed by atoms with Gasteiger partial charge in [0.05, 0.1) is 23.7 Å². The first kappa shape index (κ1) is 28.6. The van der Waals surface area contributed by atoms with Gasteiger partial charge in [0.1, 0.15) is 18.4 Å². The fourth-order valence-corrected chi connectivity index (χ4v) is 4.77. The lowest BCUT2D eigenvalue weighted by Crippen LogP contribution is -2.39. The van der Waals surface area contributed by atoms with Crippen LogP contribution in [0.2, 0.25) is 0 Å². The SMILES string of the molecule is Cc1ccc(-c2ccc(C[C@H](Cn3cncn3)NC(=O)c3cc(-c4ccc(C(F)(F)F)cc4)ccc3O)cc2)cc1C. The molecule has 5 rings (SSSR count). The number of amides is 1. The molecule has 0 spiro atoms. The van der Waals surface area contributed by atoms with Gasteiger partial charge in [0.2, 0.25) is 0 Å². The second kappa shape index (κ2) is 11.9. The summed E-state index contributed by atoms with van der Waals surface area (Å²) in [5, 5.41) is 17.7. The first-order chi connectivity index (χ1) is 20.1. The fraction of sp³-hybridized carbons (Fsp3) is 0.182. The number of hydrogen-bond acceptors (Lipinski definition) is 4. The van der Waals surface area contributed by atoms with Crippen molar-refractivity contribution in [3.63, 3.8) is 0 Å². The summed E-state index contributed by atoms with van der Waals surface area (Å²) in [6.45, 7) is 4.50. The summed E-state index contributed by atoms with van der Waals surface area (Å²) in [7, 11) is 0. The van der Waals surface area contributed by atoms with E-state index in [0.29, 0.717) is 24.1 Å². The van der Waals surface area contributed by atoms with E-state index in [2.05, 4.69) is 47.4 Å². The van der Waals surface area contributed by atoms with Crippen LogP contribution in [0.1, 0.15) is 32.6 Å². The summed E-state index contributed by atoms with van der Waals surface area (Å²) >= 11 is 0. The maximum Gasteiger partial charge on any atom is 0.416 e. The average Bonchev–Trinajstić information content (AvgIpc) is 3.48. The Kier molecular flexibility index (Phi) is 8.10. The van der Waals surface area contributed by atoms with Crippen LogP contribution in [-0.4, -0.2) is 31.8 Å². The topological polar surface area (TPSA) is 80.0 Å². The Morgan fingerprint density at radius 2 is 1.48 bits per heavy atom. The average molecular weight is 571 g/mol. The van der Waals surface area contributed by atoms with Gasteiger partial charge in [-0.3, -0.25) is 9.48 Å². The first-order valence-corrected chi connectivity index (χ1v) is 13.4. The van der Waals surface area contributed by atoms with E-state index in [1.54, 1.807) is 17.1 Å². The number of nitrogens with one attached hydrogen (secondary N) is 1. The van der Waals surface area contributed by atoms with E-state index in [-0.39, 0.29) is 11.3 Å². The molecule has 42 heavy (non-hydrogen) atoms. The molecule has 214 valence electrons. The van der Waals surface area contributed by atoms with E-state index in [4.69, 9.17) is 0 Å². The lowest BCUT2D eigenvalue weighted by atomic mass is 9.97. The van der Waals surface area contributed by atoms with E-state index in [9.17, 15) is 23.1 Å². The predicted octanol–water partition coefficient (Wildman–Crippen LogP) is 6.99. The van der Waals surface area contributed by atoms with Crippen molar-refractivity contribution in [3.8, 4) is 28.0 Å². The smallest absolute Gasteiger partial charge is 0.416 e. The molecule has 2 N–H and O–H groups in total. The number of phenols is 1. The largest absolute Gasteiger partial charge is 0.507 e. The Labute approximate surface area is 241 Å². The summed E-state index contributed by atoms with van der Waals surface area (Å²) in [5.74, 6) is -0.751. The van der Waals surface area contributed by atoms with Gasteiger partial charge < -0.3 is 10.4 Å². The minimum absolute atomic E-state index is 0.0149. The molecule has 1 atom stereocenters. The number of halogens is 3. The van der Waals surface area contributed by atoms with Crippen LogP contribution in [0.15, 0.2) is 97.6 Å². The highest BCUT2D eigenvalue weighted by Gasteiger charge is 2.30. The summed E-state index contributed by atoms with van der Waals surface area (Å²) in [4.78, 5) is 17.4. The minimum Gasteiger partial charge on any atom is -0.507 e. The van der Waals surface area contributed by atoms with Gasteiger partial charge in [0, 0.05) is 0 Å². The molecule has 0 fully saturated rings. The van der Waals surface area contributed by atoms with Crippen molar-refractivity contribution in [2.24, 2.45) is 0 Å². The number of aromatic hydroxyl groups is 1. The highest BCUT2D eigenvalue weighted by molar-refractivity contribution is 5.98. The monoisotopic (exact) mass is 570 g/mol. The third kappa shape index (κ3) is 6.68. The number of carbonyl (C=O) groups is 1. The number of carbonyl (C=O) groups excluding carboxylic acids is 1. The van der Waals surface area contributed by atoms with Crippen molar-refractivity contribution >= 4 is 5.91 Å². The van der Waals surface area contributed by atoms with Crippen LogP contribution in [0.5, 0.6) is 5.75 Å². The number of benzene rings is 4. The maximum atomic E-state index is 13.4. The molecule has 0 saturated heterocycles. The number of rotatable bonds is 8. The zero-order chi connectivity index (χ0) is 29.9. The number of hydrogen-bond donors (Lipinski definition) is 2. The Hall–Kier alpha value is -4.92.